The molecule has 2 aromatic carbocycles. The van der Waals surface area contributed by atoms with E-state index in [0.717, 1.165) is 19.3 Å². The number of phenolic OH excluding ortho intramolecular Hbond substituents is 2. The van der Waals surface area contributed by atoms with Crippen LogP contribution in [0.4, 0.5) is 10.5 Å². The molecule has 3 N–H and O–H groups in total. The molecule has 12 heteroatoms. The van der Waals surface area contributed by atoms with Crippen LogP contribution < -0.4 is 16.4 Å². The van der Waals surface area contributed by atoms with Crippen LogP contribution in [0.3, 0.4) is 0 Å². The number of carbonyl (C=O) groups excluding carboxylic acids is 2. The molecule has 4 rings (SSSR count). The number of unbranched alkanes of at least 4 members (excludes halogenated alkanes) is 3. The summed E-state index contributed by atoms with van der Waals surface area (Å²) >= 11 is 0. The number of phenols is 2. The Morgan fingerprint density at radius 2 is 1.68 bits per heavy atom. The Bertz CT molecular complexity index is 1830. The van der Waals surface area contributed by atoms with Gasteiger partial charge in [0.05, 0.1) is 18.4 Å². The molecule has 0 aliphatic heterocycles. The third kappa shape index (κ3) is 8.87. The van der Waals surface area contributed by atoms with Crippen LogP contribution in [-0.4, -0.2) is 53.4 Å². The minimum atomic E-state index is -0.845. The maximum atomic E-state index is 14.2. The highest BCUT2D eigenvalue weighted by atomic mass is 16.6. The maximum absolute atomic E-state index is 14.2. The van der Waals surface area contributed by atoms with Crippen LogP contribution >= 0.6 is 0 Å². The summed E-state index contributed by atoms with van der Waals surface area (Å²) in [6.45, 7) is 6.81. The normalized spacial score (nSPS) is 11.2. The zero-order chi connectivity index (χ0) is 34.1. The smallest absolute Gasteiger partial charge is 0.412 e. The van der Waals surface area contributed by atoms with Crippen molar-refractivity contribution in [3.63, 3.8) is 0 Å². The summed E-state index contributed by atoms with van der Waals surface area (Å²) in [5.74, 6) is -1.14. The van der Waals surface area contributed by atoms with Crippen LogP contribution in [0.2, 0.25) is 0 Å². The number of amides is 2. The van der Waals surface area contributed by atoms with Gasteiger partial charge in [-0.05, 0) is 45.4 Å². The number of pyridine rings is 1. The van der Waals surface area contributed by atoms with E-state index in [2.05, 4.69) is 17.2 Å². The molecule has 12 nitrogen and oxygen atoms in total. The van der Waals surface area contributed by atoms with Gasteiger partial charge >= 0.3 is 6.09 Å². The van der Waals surface area contributed by atoms with Crippen LogP contribution in [0.15, 0.2) is 82.6 Å². The molecule has 4 aromatic rings. The average Bonchev–Trinajstić information content (AvgIpc) is 3.02. The van der Waals surface area contributed by atoms with Crippen molar-refractivity contribution in [2.75, 3.05) is 11.9 Å². The first-order valence-electron chi connectivity index (χ1n) is 15.5. The highest BCUT2D eigenvalue weighted by molar-refractivity contribution is 5.85. The first-order valence-corrected chi connectivity index (χ1v) is 15.5. The summed E-state index contributed by atoms with van der Waals surface area (Å²) in [5, 5.41) is 23.8. The lowest BCUT2D eigenvalue weighted by atomic mass is 10.1. The van der Waals surface area contributed by atoms with Gasteiger partial charge in [0.2, 0.25) is 5.91 Å². The van der Waals surface area contributed by atoms with Crippen molar-refractivity contribution in [3.05, 3.63) is 99.3 Å². The number of carbonyl (C=O) groups is 2. The summed E-state index contributed by atoms with van der Waals surface area (Å²) in [5.41, 5.74) is -0.971. The van der Waals surface area contributed by atoms with E-state index < -0.39 is 41.2 Å². The predicted octanol–water partition coefficient (Wildman–Crippen LogP) is 5.43. The molecule has 0 bridgehead atoms. The Morgan fingerprint density at radius 1 is 0.957 bits per heavy atom. The Morgan fingerprint density at radius 3 is 2.36 bits per heavy atom. The summed E-state index contributed by atoms with van der Waals surface area (Å²) in [6.07, 6.45) is 5.31. The Hall–Kier alpha value is -5.39. The van der Waals surface area contributed by atoms with Crippen molar-refractivity contribution >= 4 is 17.7 Å². The van der Waals surface area contributed by atoms with Crippen molar-refractivity contribution in [2.24, 2.45) is 0 Å². The van der Waals surface area contributed by atoms with E-state index in [1.165, 1.54) is 44.6 Å². The lowest BCUT2D eigenvalue weighted by molar-refractivity contribution is -0.132. The molecular weight excluding hydrogens is 602 g/mol. The predicted molar refractivity (Wildman–Crippen MR) is 179 cm³/mol. The molecule has 0 aliphatic rings. The zero-order valence-corrected chi connectivity index (χ0v) is 27.1. The fourth-order valence-corrected chi connectivity index (χ4v) is 5.02. The van der Waals surface area contributed by atoms with E-state index in [0.29, 0.717) is 17.7 Å². The molecule has 0 saturated carbocycles. The fourth-order valence-electron chi connectivity index (χ4n) is 5.02. The zero-order valence-electron chi connectivity index (χ0n) is 27.1. The number of hydrogen-bond acceptors (Lipinski definition) is 8. The first kappa shape index (κ1) is 34.5. The summed E-state index contributed by atoms with van der Waals surface area (Å²) < 4.78 is 7.82. The standard InChI is InChI=1S/C35H41N5O7/c1-5-6-7-12-19-38(22-25-27(17-18-28(41)31(25)44)39-20-13-11-16-29(39)42)30(43)23-40-32(24-14-9-8-10-15-24)36-21-26(33(40)45)37-34(46)47-35(2,3)4/h8-11,13-18,20-21,41,44H,5-7,12,19,22-23H2,1-4H3,(H,37,46). The third-order valence-electron chi connectivity index (χ3n) is 7.31. The lowest BCUT2D eigenvalue weighted by Crippen LogP contribution is -2.39. The fraction of sp³-hybridized carbons (Fsp3) is 0.343. The van der Waals surface area contributed by atoms with Crippen LogP contribution in [-0.2, 0) is 22.6 Å². The molecule has 2 amide bonds. The highest BCUT2D eigenvalue weighted by Crippen LogP contribution is 2.34. The van der Waals surface area contributed by atoms with Crippen LogP contribution in [0, 0.1) is 0 Å². The van der Waals surface area contributed by atoms with Gasteiger partial charge in [-0.2, -0.15) is 0 Å². The number of aromatic hydroxyl groups is 2. The molecule has 0 unspecified atom stereocenters. The van der Waals surface area contributed by atoms with Gasteiger partial charge in [0.25, 0.3) is 11.1 Å². The summed E-state index contributed by atoms with van der Waals surface area (Å²) in [4.78, 5) is 59.2. The van der Waals surface area contributed by atoms with Gasteiger partial charge in [-0.3, -0.25) is 28.8 Å². The summed E-state index contributed by atoms with van der Waals surface area (Å²) in [7, 11) is 0. The quantitative estimate of drug-likeness (QED) is 0.136. The largest absolute Gasteiger partial charge is 0.504 e. The van der Waals surface area contributed by atoms with Crippen LogP contribution in [0.1, 0.15) is 58.9 Å². The first-order chi connectivity index (χ1) is 22.4. The number of hydrogen-bond donors (Lipinski definition) is 3. The van der Waals surface area contributed by atoms with Gasteiger partial charge in [-0.15, -0.1) is 0 Å². The molecule has 2 aromatic heterocycles. The molecule has 248 valence electrons. The second kappa shape index (κ2) is 15.3. The number of benzene rings is 2. The highest BCUT2D eigenvalue weighted by Gasteiger charge is 2.24. The lowest BCUT2D eigenvalue weighted by Gasteiger charge is -2.26. The SMILES string of the molecule is CCCCCCN(Cc1c(-n2ccccc2=O)ccc(O)c1O)C(=O)Cn1c(-c2ccccc2)ncc(NC(=O)OC(C)(C)C)c1=O. The van der Waals surface area contributed by atoms with Crippen molar-refractivity contribution in [2.45, 2.75) is 72.1 Å². The van der Waals surface area contributed by atoms with Gasteiger partial charge < -0.3 is 19.8 Å². The van der Waals surface area contributed by atoms with E-state index in [-0.39, 0.29) is 35.7 Å². The molecular formula is C35H41N5O7. The molecule has 0 aliphatic carbocycles. The van der Waals surface area contributed by atoms with E-state index in [9.17, 15) is 29.4 Å². The number of nitrogens with zero attached hydrogens (tertiary/aromatic N) is 4. The van der Waals surface area contributed by atoms with E-state index in [1.54, 1.807) is 57.2 Å². The van der Waals surface area contributed by atoms with Crippen LogP contribution in [0.25, 0.3) is 17.1 Å². The van der Waals surface area contributed by atoms with Gasteiger partial charge in [0.15, 0.2) is 11.5 Å². The van der Waals surface area contributed by atoms with Crippen molar-refractivity contribution in [1.29, 1.82) is 0 Å². The third-order valence-corrected chi connectivity index (χ3v) is 7.31. The molecule has 0 radical (unpaired) electrons. The van der Waals surface area contributed by atoms with Gasteiger partial charge in [0.1, 0.15) is 23.7 Å². The summed E-state index contributed by atoms with van der Waals surface area (Å²) in [6, 6.07) is 16.3. The number of ether oxygens (including phenoxy) is 1. The number of aromatic nitrogens is 3. The van der Waals surface area contributed by atoms with E-state index in [4.69, 9.17) is 4.74 Å². The minimum Gasteiger partial charge on any atom is -0.504 e. The van der Waals surface area contributed by atoms with Crippen molar-refractivity contribution < 1.29 is 24.5 Å². The molecule has 0 atom stereocenters. The van der Waals surface area contributed by atoms with Gasteiger partial charge in [-0.25, -0.2) is 9.78 Å². The Balaban J connectivity index is 1.76. The van der Waals surface area contributed by atoms with Gasteiger partial charge in [-0.1, -0.05) is 62.6 Å². The molecule has 0 fully saturated rings. The maximum Gasteiger partial charge on any atom is 0.412 e. The van der Waals surface area contributed by atoms with Crippen LogP contribution in [0.5, 0.6) is 11.5 Å². The number of rotatable bonds is 12. The molecule has 0 spiro atoms. The number of nitrogens with one attached hydrogen (secondary N) is 1. The molecule has 47 heavy (non-hydrogen) atoms. The monoisotopic (exact) mass is 643 g/mol. The Labute approximate surface area is 272 Å². The van der Waals surface area contributed by atoms with Gasteiger partial charge in [0, 0.05) is 29.9 Å². The van der Waals surface area contributed by atoms with E-state index >= 15 is 0 Å². The Kier molecular flexibility index (Phi) is 11.2. The average molecular weight is 644 g/mol. The molecule has 0 saturated heterocycles. The van der Waals surface area contributed by atoms with E-state index in [1.807, 2.05) is 6.07 Å². The number of anilines is 1. The topological polar surface area (TPSA) is 156 Å². The second-order valence-corrected chi connectivity index (χ2v) is 12.1. The molecule has 2 heterocycles. The second-order valence-electron chi connectivity index (χ2n) is 12.1. The van der Waals surface area contributed by atoms with Crippen molar-refractivity contribution in [3.8, 4) is 28.6 Å². The minimum absolute atomic E-state index is 0.163. The van der Waals surface area contributed by atoms with Crippen molar-refractivity contribution in [1.82, 2.24) is 19.0 Å².